The Labute approximate surface area is 222 Å². The molecule has 0 aromatic heterocycles. The van der Waals surface area contributed by atoms with Gasteiger partial charge in [-0.3, -0.25) is 19.2 Å². The Kier molecular flexibility index (Phi) is 6.28. The van der Waals surface area contributed by atoms with Gasteiger partial charge in [-0.2, -0.15) is 0 Å². The summed E-state index contributed by atoms with van der Waals surface area (Å²) in [5.41, 5.74) is 5.46. The van der Waals surface area contributed by atoms with Crippen LogP contribution in [0.4, 0.5) is 5.69 Å². The van der Waals surface area contributed by atoms with Gasteiger partial charge in [0.05, 0.1) is 35.2 Å². The average Bonchev–Trinajstić information content (AvgIpc) is 2.86. The van der Waals surface area contributed by atoms with Crippen molar-refractivity contribution >= 4 is 46.3 Å². The van der Waals surface area contributed by atoms with E-state index in [0.29, 0.717) is 5.56 Å². The number of nitrogens with two attached hydrogens (primary N) is 1. The lowest BCUT2D eigenvalue weighted by atomic mass is 9.59. The third-order valence-corrected chi connectivity index (χ3v) is 8.08. The number of aromatic hydroxyl groups is 1. The van der Waals surface area contributed by atoms with Crippen LogP contribution in [-0.4, -0.2) is 61.9 Å². The molecule has 0 saturated heterocycles. The number of Topliss-reactive ketones (excluding diaryl/α,β-unsaturated/α-hetero) is 2. The maximum absolute atomic E-state index is 13.6. The first-order valence-corrected chi connectivity index (χ1v) is 12.4. The fraction of sp³-hybridized carbons (Fsp3) is 0.296. The molecular formula is C27H25N3O7S. The Morgan fingerprint density at radius 1 is 1.03 bits per heavy atom. The highest BCUT2D eigenvalue weighted by Crippen LogP contribution is 2.50. The van der Waals surface area contributed by atoms with Gasteiger partial charge >= 0.3 is 0 Å². The van der Waals surface area contributed by atoms with E-state index in [1.165, 1.54) is 30.0 Å². The molecule has 11 heteroatoms. The van der Waals surface area contributed by atoms with Gasteiger partial charge in [-0.05, 0) is 18.6 Å². The minimum absolute atomic E-state index is 0.00369. The van der Waals surface area contributed by atoms with E-state index >= 15 is 0 Å². The van der Waals surface area contributed by atoms with Gasteiger partial charge in [-0.25, -0.2) is 0 Å². The number of rotatable bonds is 3. The number of ketones is 2. The number of fused-ring (bicyclic) bond motifs is 3. The van der Waals surface area contributed by atoms with Gasteiger partial charge in [-0.15, -0.1) is 0 Å². The molecule has 1 saturated carbocycles. The van der Waals surface area contributed by atoms with Crippen LogP contribution < -0.4 is 16.0 Å². The summed E-state index contributed by atoms with van der Waals surface area (Å²) < 4.78 is 0. The number of carbonyl (C=O) groups is 4. The molecule has 10 nitrogen and oxygen atoms in total. The second-order valence-corrected chi connectivity index (χ2v) is 10.1. The summed E-state index contributed by atoms with van der Waals surface area (Å²) in [6.45, 7) is 1.30. The Hall–Kier alpha value is -4.09. The number of hydrogen-bond acceptors (Lipinski definition) is 8. The molecule has 2 aromatic carbocycles. The van der Waals surface area contributed by atoms with Crippen LogP contribution in [0, 0.1) is 17.8 Å². The van der Waals surface area contributed by atoms with Crippen molar-refractivity contribution in [3.8, 4) is 5.75 Å². The third-order valence-electron chi connectivity index (χ3n) is 7.72. The van der Waals surface area contributed by atoms with Gasteiger partial charge in [0.1, 0.15) is 22.1 Å². The van der Waals surface area contributed by atoms with Crippen molar-refractivity contribution in [3.05, 3.63) is 71.0 Å². The normalized spacial score (nSPS) is 28.2. The van der Waals surface area contributed by atoms with Crippen molar-refractivity contribution in [1.82, 2.24) is 5.32 Å². The molecule has 2 aromatic rings. The Morgan fingerprint density at radius 3 is 2.34 bits per heavy atom. The highest BCUT2D eigenvalue weighted by Gasteiger charge is 2.60. The zero-order chi connectivity index (χ0) is 27.5. The molecule has 1 aliphatic heterocycles. The van der Waals surface area contributed by atoms with Crippen LogP contribution in [0.2, 0.25) is 0 Å². The molecule has 38 heavy (non-hydrogen) atoms. The molecule has 196 valence electrons. The summed E-state index contributed by atoms with van der Waals surface area (Å²) >= 11 is 5.52. The van der Waals surface area contributed by atoms with Crippen molar-refractivity contribution in [2.75, 3.05) is 4.90 Å². The molecule has 6 atom stereocenters. The SMILES string of the molecule is CC(=O)N1c2cccc(O)c2C(=O)C2C(O)C3C(=O)C(C(N)=O)=C(O)C(NC(=S)c4ccccc4)C3CC21. The smallest absolute Gasteiger partial charge is 0.255 e. The lowest BCUT2D eigenvalue weighted by Crippen LogP contribution is -2.66. The number of aliphatic hydroxyl groups excluding tert-OH is 2. The standard InChI is InChI=1S/C27H25N3O7S/c1-11(31)30-14-8-5-9-16(32)18(14)24(35)19-15(30)10-13-17(22(19)33)23(34)20(26(28)37)25(36)21(13)29-27(38)12-6-3-2-4-7-12/h2-9,13,15,17,19,21-22,32-33,36H,10H2,1H3,(H2,28,37)(H,29,38). The lowest BCUT2D eigenvalue weighted by molar-refractivity contribution is -0.134. The van der Waals surface area contributed by atoms with Crippen LogP contribution in [0.15, 0.2) is 59.9 Å². The zero-order valence-corrected chi connectivity index (χ0v) is 21.0. The summed E-state index contributed by atoms with van der Waals surface area (Å²) in [7, 11) is 0. The number of thiocarbonyl (C=S) groups is 1. The first-order valence-electron chi connectivity index (χ1n) is 12.0. The molecule has 0 bridgehead atoms. The maximum atomic E-state index is 13.6. The number of hydrogen-bond donors (Lipinski definition) is 5. The van der Waals surface area contributed by atoms with Gasteiger partial charge in [0.2, 0.25) is 5.91 Å². The molecular weight excluding hydrogens is 510 g/mol. The topological polar surface area (TPSA) is 170 Å². The summed E-state index contributed by atoms with van der Waals surface area (Å²) in [6.07, 6.45) is -1.64. The fourth-order valence-electron chi connectivity index (χ4n) is 6.18. The van der Waals surface area contributed by atoms with Crippen LogP contribution in [-0.2, 0) is 14.4 Å². The number of aliphatic hydroxyl groups is 2. The number of phenols is 1. The highest BCUT2D eigenvalue weighted by molar-refractivity contribution is 7.80. The number of nitrogens with zero attached hydrogens (tertiary/aromatic N) is 1. The average molecular weight is 536 g/mol. The number of primary amides is 1. The molecule has 2 amide bonds. The largest absolute Gasteiger partial charge is 0.509 e. The molecule has 0 radical (unpaired) electrons. The molecule has 5 rings (SSSR count). The van der Waals surface area contributed by atoms with Gasteiger partial charge in [-0.1, -0.05) is 48.6 Å². The Balaban J connectivity index is 1.63. The number of amides is 2. The molecule has 1 heterocycles. The fourth-order valence-corrected chi connectivity index (χ4v) is 6.45. The van der Waals surface area contributed by atoms with Crippen molar-refractivity contribution in [2.45, 2.75) is 31.5 Å². The monoisotopic (exact) mass is 535 g/mol. The van der Waals surface area contributed by atoms with Crippen LogP contribution >= 0.6 is 12.2 Å². The van der Waals surface area contributed by atoms with Gasteiger partial charge in [0.25, 0.3) is 5.91 Å². The number of carbonyl (C=O) groups excluding carboxylic acids is 4. The Bertz CT molecular complexity index is 1420. The summed E-state index contributed by atoms with van der Waals surface area (Å²) in [5, 5.41) is 36.1. The molecule has 3 aliphatic rings. The first-order chi connectivity index (χ1) is 18.0. The van der Waals surface area contributed by atoms with Crippen LogP contribution in [0.5, 0.6) is 5.75 Å². The molecule has 6 unspecified atom stereocenters. The van der Waals surface area contributed by atoms with E-state index in [2.05, 4.69) is 5.32 Å². The van der Waals surface area contributed by atoms with E-state index in [-0.39, 0.29) is 28.4 Å². The lowest BCUT2D eigenvalue weighted by Gasteiger charge is -2.53. The maximum Gasteiger partial charge on any atom is 0.255 e. The second-order valence-electron chi connectivity index (χ2n) is 9.74. The predicted octanol–water partition coefficient (Wildman–Crippen LogP) is 1.14. The van der Waals surface area contributed by atoms with Crippen molar-refractivity contribution in [3.63, 3.8) is 0 Å². The minimum Gasteiger partial charge on any atom is -0.509 e. The minimum atomic E-state index is -1.65. The Morgan fingerprint density at radius 2 is 1.71 bits per heavy atom. The van der Waals surface area contributed by atoms with Crippen molar-refractivity contribution in [2.24, 2.45) is 23.5 Å². The number of phenolic OH excluding ortho intramolecular Hbond substituents is 1. The van der Waals surface area contributed by atoms with Gasteiger partial charge in [0.15, 0.2) is 11.6 Å². The van der Waals surface area contributed by atoms with E-state index in [1.54, 1.807) is 30.3 Å². The molecule has 2 aliphatic carbocycles. The van der Waals surface area contributed by atoms with E-state index in [4.69, 9.17) is 18.0 Å². The van der Waals surface area contributed by atoms with E-state index in [9.17, 15) is 34.5 Å². The summed E-state index contributed by atoms with van der Waals surface area (Å²) in [6, 6.07) is 11.1. The zero-order valence-electron chi connectivity index (χ0n) is 20.2. The van der Waals surface area contributed by atoms with Crippen LogP contribution in [0.25, 0.3) is 0 Å². The van der Waals surface area contributed by atoms with Crippen LogP contribution in [0.1, 0.15) is 29.3 Å². The summed E-state index contributed by atoms with van der Waals surface area (Å²) in [5.74, 6) is -7.53. The predicted molar refractivity (Wildman–Crippen MR) is 139 cm³/mol. The summed E-state index contributed by atoms with van der Waals surface area (Å²) in [4.78, 5) is 53.7. The third kappa shape index (κ3) is 3.77. The molecule has 1 fully saturated rings. The quantitative estimate of drug-likeness (QED) is 0.286. The van der Waals surface area contributed by atoms with E-state index < -0.39 is 70.7 Å². The second kappa shape index (κ2) is 9.34. The van der Waals surface area contributed by atoms with Crippen molar-refractivity contribution < 1.29 is 34.5 Å². The number of benzene rings is 2. The molecule has 6 N–H and O–H groups in total. The van der Waals surface area contributed by atoms with Crippen molar-refractivity contribution in [1.29, 1.82) is 0 Å². The number of nitrogens with one attached hydrogen (secondary N) is 1. The van der Waals surface area contributed by atoms with E-state index in [0.717, 1.165) is 0 Å². The van der Waals surface area contributed by atoms with Crippen LogP contribution in [0.3, 0.4) is 0 Å². The highest BCUT2D eigenvalue weighted by atomic mass is 32.1. The van der Waals surface area contributed by atoms with Gasteiger partial charge in [0, 0.05) is 24.4 Å². The number of anilines is 1. The first kappa shape index (κ1) is 25.6. The van der Waals surface area contributed by atoms with Gasteiger partial charge < -0.3 is 31.3 Å². The molecule has 0 spiro atoms. The van der Waals surface area contributed by atoms with E-state index in [1.807, 2.05) is 0 Å².